The predicted octanol–water partition coefficient (Wildman–Crippen LogP) is 2.13. The highest BCUT2D eigenvalue weighted by atomic mass is 35.5. The standard InChI is InChI=1S/C18H18ClFN4O5S/c1-5-6-29-21-10(2)9-28-15(25)11-7-14(13(20)8-12(11)19)24-16(26)22(3)18(30)23(4)17(24)27/h5,7-8H,1,6,9H2,2-4H3. The molecule has 0 atom stereocenters. The molecule has 0 spiro atoms. The number of hydrogen-bond acceptors (Lipinski definition) is 7. The van der Waals surface area contributed by atoms with E-state index in [1.165, 1.54) is 20.2 Å². The second-order valence-electron chi connectivity index (χ2n) is 6.07. The number of benzene rings is 1. The molecule has 2 rings (SSSR count). The number of hydrogen-bond donors (Lipinski definition) is 0. The maximum Gasteiger partial charge on any atom is 0.340 e. The van der Waals surface area contributed by atoms with Crippen LogP contribution in [0.5, 0.6) is 0 Å². The molecule has 0 fully saturated rings. The lowest BCUT2D eigenvalue weighted by molar-refractivity contribution is 0.0558. The molecule has 0 unspecified atom stereocenters. The van der Waals surface area contributed by atoms with Crippen LogP contribution in [0.15, 0.2) is 39.5 Å². The fourth-order valence-electron chi connectivity index (χ4n) is 2.32. The Hall–Kier alpha value is -3.05. The summed E-state index contributed by atoms with van der Waals surface area (Å²) >= 11 is 11.0. The summed E-state index contributed by atoms with van der Waals surface area (Å²) in [7, 11) is 2.67. The zero-order chi connectivity index (χ0) is 22.6. The van der Waals surface area contributed by atoms with E-state index in [1.54, 1.807) is 6.92 Å². The van der Waals surface area contributed by atoms with Crippen molar-refractivity contribution in [1.29, 1.82) is 0 Å². The van der Waals surface area contributed by atoms with Crippen LogP contribution in [-0.4, -0.2) is 38.6 Å². The molecule has 0 aliphatic carbocycles. The van der Waals surface area contributed by atoms with E-state index in [1.807, 2.05) is 0 Å². The molecule has 0 bridgehead atoms. The minimum absolute atomic E-state index is 0.0521. The molecule has 2 aromatic rings. The van der Waals surface area contributed by atoms with Crippen molar-refractivity contribution >= 4 is 35.5 Å². The number of nitrogens with zero attached hydrogens (tertiary/aromatic N) is 4. The smallest absolute Gasteiger partial charge is 0.340 e. The number of carbonyl (C=O) groups is 1. The van der Waals surface area contributed by atoms with Gasteiger partial charge in [-0.1, -0.05) is 29.4 Å². The van der Waals surface area contributed by atoms with Crippen LogP contribution in [0.3, 0.4) is 0 Å². The van der Waals surface area contributed by atoms with Crippen molar-refractivity contribution in [2.24, 2.45) is 19.3 Å². The number of carbonyl (C=O) groups excluding carboxylic acids is 1. The molecule has 0 saturated carbocycles. The Balaban J connectivity index is 2.48. The highest BCUT2D eigenvalue weighted by Gasteiger charge is 2.21. The Morgan fingerprint density at radius 3 is 2.47 bits per heavy atom. The first-order valence-corrected chi connectivity index (χ1v) is 9.20. The molecule has 9 nitrogen and oxygen atoms in total. The van der Waals surface area contributed by atoms with Crippen LogP contribution in [0.2, 0.25) is 5.02 Å². The monoisotopic (exact) mass is 456 g/mol. The lowest BCUT2D eigenvalue weighted by Crippen LogP contribution is -2.43. The summed E-state index contributed by atoms with van der Waals surface area (Å²) in [5.41, 5.74) is -2.13. The highest BCUT2D eigenvalue weighted by molar-refractivity contribution is 7.71. The van der Waals surface area contributed by atoms with Gasteiger partial charge in [0.1, 0.15) is 19.0 Å². The third-order valence-electron chi connectivity index (χ3n) is 3.85. The molecule has 12 heteroatoms. The molecule has 1 heterocycles. The first kappa shape index (κ1) is 23.2. The Labute approximate surface area is 180 Å². The average Bonchev–Trinajstić information content (AvgIpc) is 2.70. The Morgan fingerprint density at radius 1 is 1.30 bits per heavy atom. The van der Waals surface area contributed by atoms with Gasteiger partial charge in [-0.15, -0.1) is 0 Å². The largest absolute Gasteiger partial charge is 0.456 e. The zero-order valence-corrected chi connectivity index (χ0v) is 17.9. The van der Waals surface area contributed by atoms with Gasteiger partial charge in [0, 0.05) is 14.1 Å². The molecular formula is C18H18ClFN4O5S. The van der Waals surface area contributed by atoms with Crippen LogP contribution in [0.1, 0.15) is 17.3 Å². The first-order chi connectivity index (χ1) is 14.1. The summed E-state index contributed by atoms with van der Waals surface area (Å²) in [6, 6.07) is 1.78. The van der Waals surface area contributed by atoms with Crippen LogP contribution >= 0.6 is 23.8 Å². The second kappa shape index (κ2) is 9.63. The van der Waals surface area contributed by atoms with E-state index in [4.69, 9.17) is 33.4 Å². The number of esters is 1. The van der Waals surface area contributed by atoms with Gasteiger partial charge in [0.05, 0.1) is 22.0 Å². The van der Waals surface area contributed by atoms with Crippen LogP contribution < -0.4 is 11.4 Å². The second-order valence-corrected chi connectivity index (χ2v) is 6.84. The van der Waals surface area contributed by atoms with Gasteiger partial charge in [0.15, 0.2) is 4.77 Å². The molecular weight excluding hydrogens is 439 g/mol. The van der Waals surface area contributed by atoms with Crippen molar-refractivity contribution in [3.8, 4) is 5.69 Å². The third kappa shape index (κ3) is 4.74. The number of ether oxygens (including phenoxy) is 1. The normalized spacial score (nSPS) is 11.3. The number of halogens is 2. The van der Waals surface area contributed by atoms with Gasteiger partial charge in [0.25, 0.3) is 0 Å². The third-order valence-corrected chi connectivity index (χ3v) is 4.71. The molecule has 0 aliphatic heterocycles. The highest BCUT2D eigenvalue weighted by Crippen LogP contribution is 2.23. The summed E-state index contributed by atoms with van der Waals surface area (Å²) in [6.07, 6.45) is 1.49. The van der Waals surface area contributed by atoms with Crippen LogP contribution in [-0.2, 0) is 23.7 Å². The lowest BCUT2D eigenvalue weighted by atomic mass is 10.2. The molecule has 0 aliphatic rings. The van der Waals surface area contributed by atoms with Crippen LogP contribution in [0.25, 0.3) is 5.69 Å². The van der Waals surface area contributed by atoms with Gasteiger partial charge in [-0.25, -0.2) is 23.3 Å². The van der Waals surface area contributed by atoms with Gasteiger partial charge in [-0.2, -0.15) is 0 Å². The van der Waals surface area contributed by atoms with E-state index in [0.717, 1.165) is 21.3 Å². The predicted molar refractivity (Wildman–Crippen MR) is 112 cm³/mol. The summed E-state index contributed by atoms with van der Waals surface area (Å²) < 4.78 is 22.1. The summed E-state index contributed by atoms with van der Waals surface area (Å²) in [5, 5.41) is 3.45. The van der Waals surface area contributed by atoms with Crippen molar-refractivity contribution in [1.82, 2.24) is 13.7 Å². The fraction of sp³-hybridized carbons (Fsp3) is 0.278. The molecule has 1 aromatic heterocycles. The molecule has 0 N–H and O–H groups in total. The molecule has 1 aromatic carbocycles. The van der Waals surface area contributed by atoms with Crippen LogP contribution in [0.4, 0.5) is 4.39 Å². The van der Waals surface area contributed by atoms with E-state index < -0.39 is 28.9 Å². The van der Waals surface area contributed by atoms with Crippen molar-refractivity contribution < 1.29 is 18.8 Å². The number of oxime groups is 1. The van der Waals surface area contributed by atoms with Crippen molar-refractivity contribution in [2.45, 2.75) is 6.92 Å². The SMILES string of the molecule is C=CCON=C(C)COC(=O)c1cc(-n2c(=O)n(C)c(=S)n(C)c2=O)c(F)cc1Cl. The van der Waals surface area contributed by atoms with Gasteiger partial charge in [0.2, 0.25) is 0 Å². The topological polar surface area (TPSA) is 96.8 Å². The fourth-order valence-corrected chi connectivity index (χ4v) is 2.70. The van der Waals surface area contributed by atoms with Gasteiger partial charge < -0.3 is 9.57 Å². The van der Waals surface area contributed by atoms with Crippen LogP contribution in [0, 0.1) is 10.6 Å². The van der Waals surface area contributed by atoms with E-state index in [9.17, 15) is 18.8 Å². The van der Waals surface area contributed by atoms with Gasteiger partial charge >= 0.3 is 17.3 Å². The minimum Gasteiger partial charge on any atom is -0.456 e. The average molecular weight is 457 g/mol. The van der Waals surface area contributed by atoms with E-state index >= 15 is 0 Å². The van der Waals surface area contributed by atoms with Crippen molar-refractivity contribution in [2.75, 3.05) is 13.2 Å². The molecule has 160 valence electrons. The lowest BCUT2D eigenvalue weighted by Gasteiger charge is -2.13. The van der Waals surface area contributed by atoms with Crippen molar-refractivity contribution in [3.63, 3.8) is 0 Å². The number of aromatic nitrogens is 3. The number of rotatable bonds is 7. The van der Waals surface area contributed by atoms with Crippen molar-refractivity contribution in [3.05, 3.63) is 66.9 Å². The zero-order valence-electron chi connectivity index (χ0n) is 16.3. The van der Waals surface area contributed by atoms with E-state index in [2.05, 4.69) is 11.7 Å². The molecule has 30 heavy (non-hydrogen) atoms. The summed E-state index contributed by atoms with van der Waals surface area (Å²) in [6.45, 7) is 4.99. The van der Waals surface area contributed by atoms with Gasteiger partial charge in [-0.3, -0.25) is 9.13 Å². The maximum atomic E-state index is 14.6. The maximum absolute atomic E-state index is 14.6. The Morgan fingerprint density at radius 2 is 1.90 bits per heavy atom. The minimum atomic E-state index is -0.983. The summed E-state index contributed by atoms with van der Waals surface area (Å²) in [5.74, 6) is -1.89. The molecule has 0 amide bonds. The quantitative estimate of drug-likeness (QED) is 0.158. The van der Waals surface area contributed by atoms with E-state index in [0.29, 0.717) is 10.3 Å². The first-order valence-electron chi connectivity index (χ1n) is 8.42. The molecule has 0 radical (unpaired) electrons. The van der Waals surface area contributed by atoms with Gasteiger partial charge in [-0.05, 0) is 31.3 Å². The van der Waals surface area contributed by atoms with E-state index in [-0.39, 0.29) is 28.6 Å². The summed E-state index contributed by atoms with van der Waals surface area (Å²) in [4.78, 5) is 42.3. The molecule has 0 saturated heterocycles. The Bertz CT molecular complexity index is 1170. The Kier molecular flexibility index (Phi) is 7.46.